The van der Waals surface area contributed by atoms with Crippen LogP contribution in [0.3, 0.4) is 0 Å². The first-order chi connectivity index (χ1) is 17.5. The zero-order chi connectivity index (χ0) is 26.3. The Bertz CT molecular complexity index is 1710. The molecule has 186 valence electrons. The maximum atomic E-state index is 2.38. The fourth-order valence-electron chi connectivity index (χ4n) is 6.94. The van der Waals surface area contributed by atoms with Gasteiger partial charge in [0.25, 0.3) is 0 Å². The number of aryl methyl sites for hydroxylation is 2. The maximum absolute atomic E-state index is 2.38. The van der Waals surface area contributed by atoms with Crippen LogP contribution < -0.4 is 4.90 Å². The molecule has 37 heavy (non-hydrogen) atoms. The van der Waals surface area contributed by atoms with E-state index in [1.54, 1.807) is 0 Å². The molecule has 0 saturated carbocycles. The average Bonchev–Trinajstić information content (AvgIpc) is 3.17. The lowest BCUT2D eigenvalue weighted by molar-refractivity contribution is -0.401. The lowest BCUT2D eigenvalue weighted by Gasteiger charge is -2.24. The Kier molecular flexibility index (Phi) is 5.08. The van der Waals surface area contributed by atoms with Crippen molar-refractivity contribution in [3.05, 3.63) is 107 Å². The minimum Gasteiger partial charge on any atom is -0.347 e. The molecule has 4 aromatic rings. The molecule has 0 spiro atoms. The van der Waals surface area contributed by atoms with Crippen molar-refractivity contribution in [3.8, 4) is 0 Å². The Morgan fingerprint density at radius 3 is 1.95 bits per heavy atom. The number of benzene rings is 4. The van der Waals surface area contributed by atoms with Crippen LogP contribution in [0.1, 0.15) is 49.9 Å². The summed E-state index contributed by atoms with van der Waals surface area (Å²) < 4.78 is 2.38. The van der Waals surface area contributed by atoms with Crippen LogP contribution in [0.15, 0.2) is 84.6 Å². The van der Waals surface area contributed by atoms with Crippen LogP contribution in [0.2, 0.25) is 0 Å². The van der Waals surface area contributed by atoms with Gasteiger partial charge in [0.05, 0.1) is 5.41 Å². The monoisotopic (exact) mass is 485 g/mol. The number of anilines is 1. The van der Waals surface area contributed by atoms with Gasteiger partial charge in [-0.2, -0.15) is 4.58 Å². The highest BCUT2D eigenvalue weighted by atomic mass is 15.2. The lowest BCUT2D eigenvalue weighted by atomic mass is 9.78. The van der Waals surface area contributed by atoms with E-state index in [0.29, 0.717) is 0 Å². The van der Waals surface area contributed by atoms with Gasteiger partial charge in [-0.15, -0.1) is 0 Å². The average molecular weight is 486 g/mol. The van der Waals surface area contributed by atoms with E-state index in [9.17, 15) is 0 Å². The van der Waals surface area contributed by atoms with E-state index < -0.39 is 0 Å². The van der Waals surface area contributed by atoms with E-state index in [0.717, 1.165) is 0 Å². The molecular weight excluding hydrogens is 448 g/mol. The second kappa shape index (κ2) is 7.92. The van der Waals surface area contributed by atoms with Crippen molar-refractivity contribution in [1.29, 1.82) is 0 Å². The summed E-state index contributed by atoms with van der Waals surface area (Å²) in [5, 5.41) is 5.36. The summed E-state index contributed by atoms with van der Waals surface area (Å²) >= 11 is 0. The number of likely N-dealkylation sites (N-methyl/N-ethyl adjacent to an activating group) is 1. The van der Waals surface area contributed by atoms with Gasteiger partial charge in [-0.25, -0.2) is 0 Å². The summed E-state index contributed by atoms with van der Waals surface area (Å²) in [4.78, 5) is 2.38. The van der Waals surface area contributed by atoms with Crippen molar-refractivity contribution in [2.75, 3.05) is 19.0 Å². The summed E-state index contributed by atoms with van der Waals surface area (Å²) in [7, 11) is 4.41. The minimum atomic E-state index is -0.0832. The van der Waals surface area contributed by atoms with E-state index in [2.05, 4.69) is 144 Å². The van der Waals surface area contributed by atoms with Crippen LogP contribution in [-0.2, 0) is 10.8 Å². The second-order valence-electron chi connectivity index (χ2n) is 12.0. The molecule has 0 atom stereocenters. The standard InChI is InChI=1S/C35H37N2/c1-22-12-14-24-16-18-28-32(26(24)20-22)34(3,4)30(36(28)7)10-9-11-31-35(5,6)33-27-21-23(2)13-15-25(27)17-19-29(33)37(31)8/h9-21H,1-8H3/q+1. The molecular formula is C35H37N2+. The van der Waals surface area contributed by atoms with Crippen LogP contribution in [0, 0.1) is 13.8 Å². The Morgan fingerprint density at radius 1 is 0.730 bits per heavy atom. The Morgan fingerprint density at radius 2 is 1.30 bits per heavy atom. The van der Waals surface area contributed by atoms with Crippen LogP contribution in [-0.4, -0.2) is 24.4 Å². The predicted octanol–water partition coefficient (Wildman–Crippen LogP) is 8.48. The Labute approximate surface area is 221 Å². The van der Waals surface area contributed by atoms with Crippen molar-refractivity contribution < 1.29 is 4.58 Å². The van der Waals surface area contributed by atoms with E-state index in [1.165, 1.54) is 66.6 Å². The van der Waals surface area contributed by atoms with E-state index in [-0.39, 0.29) is 10.8 Å². The van der Waals surface area contributed by atoms with Crippen molar-refractivity contribution in [2.45, 2.75) is 52.4 Å². The largest absolute Gasteiger partial charge is 0.347 e. The van der Waals surface area contributed by atoms with Crippen molar-refractivity contribution >= 4 is 38.6 Å². The van der Waals surface area contributed by atoms with Gasteiger partial charge < -0.3 is 4.90 Å². The highest BCUT2D eigenvalue weighted by Crippen LogP contribution is 2.50. The number of fused-ring (bicyclic) bond motifs is 6. The molecule has 4 aromatic carbocycles. The molecule has 0 radical (unpaired) electrons. The molecule has 0 aliphatic carbocycles. The zero-order valence-corrected chi connectivity index (χ0v) is 23.4. The third-order valence-corrected chi connectivity index (χ3v) is 8.79. The fourth-order valence-corrected chi connectivity index (χ4v) is 6.94. The topological polar surface area (TPSA) is 6.25 Å². The minimum absolute atomic E-state index is 0.0832. The summed E-state index contributed by atoms with van der Waals surface area (Å²) in [6, 6.07) is 22.7. The van der Waals surface area contributed by atoms with Gasteiger partial charge in [0.2, 0.25) is 5.69 Å². The highest BCUT2D eigenvalue weighted by Gasteiger charge is 2.44. The molecule has 2 heteroatoms. The van der Waals surface area contributed by atoms with Crippen LogP contribution in [0.4, 0.5) is 11.4 Å². The quantitative estimate of drug-likeness (QED) is 0.258. The number of nitrogens with zero attached hydrogens (tertiary/aromatic N) is 2. The van der Waals surface area contributed by atoms with Crippen LogP contribution in [0.25, 0.3) is 21.5 Å². The first kappa shape index (κ1) is 23.7. The number of hydrogen-bond acceptors (Lipinski definition) is 1. The van der Waals surface area contributed by atoms with Gasteiger partial charge in [0, 0.05) is 41.6 Å². The Hall–Kier alpha value is -3.65. The van der Waals surface area contributed by atoms with Gasteiger partial charge in [-0.05, 0) is 73.0 Å². The normalized spacial score (nSPS) is 19.0. The molecule has 2 nitrogen and oxygen atoms in total. The summed E-state index contributed by atoms with van der Waals surface area (Å²) in [6.45, 7) is 13.8. The fraction of sp³-hybridized carbons (Fsp3) is 0.286. The molecule has 0 unspecified atom stereocenters. The van der Waals surface area contributed by atoms with Crippen molar-refractivity contribution in [3.63, 3.8) is 0 Å². The SMILES string of the molecule is Cc1ccc2ccc3c(c2c1)C(C)(C)C(/C=C/C=C1/N(C)c2ccc4ccc(C)cc4c2C1(C)C)=[N+]3C. The summed E-state index contributed by atoms with van der Waals surface area (Å²) in [6.07, 6.45) is 6.91. The summed E-state index contributed by atoms with van der Waals surface area (Å²) in [5.74, 6) is 0. The lowest BCUT2D eigenvalue weighted by Crippen LogP contribution is -2.27. The molecule has 6 rings (SSSR count). The number of hydrogen-bond donors (Lipinski definition) is 0. The zero-order valence-electron chi connectivity index (χ0n) is 23.4. The van der Waals surface area contributed by atoms with Crippen molar-refractivity contribution in [1.82, 2.24) is 0 Å². The first-order valence-electron chi connectivity index (χ1n) is 13.3. The van der Waals surface area contributed by atoms with Crippen LogP contribution >= 0.6 is 0 Å². The van der Waals surface area contributed by atoms with E-state index in [1.807, 2.05) is 0 Å². The van der Waals surface area contributed by atoms with Crippen molar-refractivity contribution in [2.24, 2.45) is 0 Å². The molecule has 2 heterocycles. The first-order valence-corrected chi connectivity index (χ1v) is 13.3. The molecule has 0 fully saturated rings. The molecule has 0 amide bonds. The smallest absolute Gasteiger partial charge is 0.210 e. The van der Waals surface area contributed by atoms with Gasteiger partial charge >= 0.3 is 0 Å². The molecule has 0 saturated heterocycles. The number of allylic oxidation sites excluding steroid dienone is 4. The molecule has 0 N–H and O–H groups in total. The van der Waals surface area contributed by atoms with E-state index >= 15 is 0 Å². The highest BCUT2D eigenvalue weighted by molar-refractivity contribution is 6.07. The molecule has 0 bridgehead atoms. The molecule has 2 aliphatic rings. The maximum Gasteiger partial charge on any atom is 0.210 e. The van der Waals surface area contributed by atoms with Gasteiger partial charge in [0.1, 0.15) is 7.05 Å². The van der Waals surface area contributed by atoms with Gasteiger partial charge in [0.15, 0.2) is 5.71 Å². The van der Waals surface area contributed by atoms with Gasteiger partial charge in [-0.3, -0.25) is 0 Å². The molecule has 0 aromatic heterocycles. The predicted molar refractivity (Wildman–Crippen MR) is 160 cm³/mol. The molecule has 2 aliphatic heterocycles. The van der Waals surface area contributed by atoms with Crippen LogP contribution in [0.5, 0.6) is 0 Å². The van der Waals surface area contributed by atoms with E-state index in [4.69, 9.17) is 0 Å². The summed E-state index contributed by atoms with van der Waals surface area (Å²) in [5.41, 5.74) is 10.6. The number of rotatable bonds is 2. The Balaban J connectivity index is 1.42. The van der Waals surface area contributed by atoms with Gasteiger partial charge in [-0.1, -0.05) is 73.5 Å². The third-order valence-electron chi connectivity index (χ3n) is 8.79. The third kappa shape index (κ3) is 3.35. The second-order valence-corrected chi connectivity index (χ2v) is 12.0.